The summed E-state index contributed by atoms with van der Waals surface area (Å²) in [6.45, 7) is 0.311. The number of benzene rings is 1. The van der Waals surface area contributed by atoms with Crippen LogP contribution < -0.4 is 5.73 Å². The summed E-state index contributed by atoms with van der Waals surface area (Å²) >= 11 is 0. The molecule has 0 bridgehead atoms. The molecule has 6 heteroatoms. The third kappa shape index (κ3) is 2.60. The third-order valence-electron chi connectivity index (χ3n) is 4.49. The number of hydrogen-bond donors (Lipinski definition) is 3. The largest absolute Gasteiger partial charge is 0.480 e. The Hall–Kier alpha value is -1.92. The molecule has 120 valence electrons. The Labute approximate surface area is 128 Å². The molecule has 1 aliphatic carbocycles. The van der Waals surface area contributed by atoms with Crippen LogP contribution in [0.3, 0.4) is 0 Å². The summed E-state index contributed by atoms with van der Waals surface area (Å²) in [6.07, 6.45) is 0.826. The van der Waals surface area contributed by atoms with E-state index in [-0.39, 0.29) is 6.42 Å². The molecule has 1 aromatic carbocycles. The molecule has 0 aromatic heterocycles. The van der Waals surface area contributed by atoms with Crippen LogP contribution in [-0.2, 0) is 20.7 Å². The van der Waals surface area contributed by atoms with Crippen LogP contribution in [0.2, 0.25) is 0 Å². The van der Waals surface area contributed by atoms with Crippen LogP contribution in [0.4, 0.5) is 0 Å². The van der Waals surface area contributed by atoms with Crippen molar-refractivity contribution in [2.75, 3.05) is 13.7 Å². The van der Waals surface area contributed by atoms with Crippen molar-refractivity contribution < 1.29 is 24.5 Å². The number of carboxylic acid groups (broad SMARTS) is 2. The van der Waals surface area contributed by atoms with Crippen molar-refractivity contribution in [3.05, 3.63) is 35.4 Å². The molecular weight excluding hydrogens is 286 g/mol. The third-order valence-corrected chi connectivity index (χ3v) is 4.49. The van der Waals surface area contributed by atoms with Crippen molar-refractivity contribution in [1.29, 1.82) is 0 Å². The molecule has 22 heavy (non-hydrogen) atoms. The minimum absolute atomic E-state index is 0.0157. The zero-order valence-electron chi connectivity index (χ0n) is 12.5. The zero-order valence-corrected chi connectivity index (χ0v) is 12.5. The molecule has 0 radical (unpaired) electrons. The van der Waals surface area contributed by atoms with Gasteiger partial charge in [0.1, 0.15) is 0 Å². The van der Waals surface area contributed by atoms with Crippen LogP contribution in [-0.4, -0.2) is 41.9 Å². The summed E-state index contributed by atoms with van der Waals surface area (Å²) in [4.78, 5) is 23.8. The molecule has 0 saturated heterocycles. The Morgan fingerprint density at radius 2 is 1.95 bits per heavy atom. The standard InChI is InChI=1S/C16H21NO5/c1-22-8-4-7-16(14(18)19,15(20)21)13-11-6-3-2-5-10(11)9-12(13)17/h2-3,5-6,12-13H,4,7-9,17H2,1H3,(H,18,19)(H,20,21)/t12-,13-/m1/s1. The number of nitrogens with two attached hydrogens (primary N) is 1. The van der Waals surface area contributed by atoms with E-state index in [1.807, 2.05) is 12.1 Å². The number of carboxylic acids is 2. The van der Waals surface area contributed by atoms with Gasteiger partial charge in [0.2, 0.25) is 0 Å². The molecule has 2 atom stereocenters. The van der Waals surface area contributed by atoms with Gasteiger partial charge in [-0.15, -0.1) is 0 Å². The van der Waals surface area contributed by atoms with Gasteiger partial charge in [0.25, 0.3) is 0 Å². The lowest BCUT2D eigenvalue weighted by Crippen LogP contribution is -2.49. The molecular formula is C16H21NO5. The summed E-state index contributed by atoms with van der Waals surface area (Å²) in [5.41, 5.74) is 5.87. The lowest BCUT2D eigenvalue weighted by atomic mass is 9.68. The fourth-order valence-electron chi connectivity index (χ4n) is 3.48. The molecule has 1 aromatic rings. The first-order chi connectivity index (χ1) is 10.4. The summed E-state index contributed by atoms with van der Waals surface area (Å²) < 4.78 is 4.94. The van der Waals surface area contributed by atoms with E-state index in [2.05, 4.69) is 0 Å². The Bertz CT molecular complexity index is 557. The predicted molar refractivity (Wildman–Crippen MR) is 79.7 cm³/mol. The molecule has 6 nitrogen and oxygen atoms in total. The van der Waals surface area contributed by atoms with Crippen LogP contribution >= 0.6 is 0 Å². The van der Waals surface area contributed by atoms with Gasteiger partial charge < -0.3 is 20.7 Å². The number of rotatable bonds is 7. The topological polar surface area (TPSA) is 110 Å². The zero-order chi connectivity index (χ0) is 16.3. The van der Waals surface area contributed by atoms with Gasteiger partial charge in [-0.2, -0.15) is 0 Å². The number of methoxy groups -OCH3 is 1. The van der Waals surface area contributed by atoms with Crippen molar-refractivity contribution in [1.82, 2.24) is 0 Å². The van der Waals surface area contributed by atoms with E-state index < -0.39 is 29.3 Å². The van der Waals surface area contributed by atoms with Gasteiger partial charge in [-0.05, 0) is 30.4 Å². The Balaban J connectivity index is 2.48. The second-order valence-corrected chi connectivity index (χ2v) is 5.72. The first kappa shape index (κ1) is 16.5. The summed E-state index contributed by atoms with van der Waals surface area (Å²) in [5, 5.41) is 19.4. The molecule has 0 aliphatic heterocycles. The number of aliphatic carboxylic acids is 2. The summed E-state index contributed by atoms with van der Waals surface area (Å²) in [6, 6.07) is 6.77. The van der Waals surface area contributed by atoms with E-state index in [1.165, 1.54) is 7.11 Å². The first-order valence-electron chi connectivity index (χ1n) is 7.24. The van der Waals surface area contributed by atoms with E-state index in [1.54, 1.807) is 12.1 Å². The van der Waals surface area contributed by atoms with Crippen molar-refractivity contribution >= 4 is 11.9 Å². The van der Waals surface area contributed by atoms with Gasteiger partial charge in [0.15, 0.2) is 5.41 Å². The highest BCUT2D eigenvalue weighted by Crippen LogP contribution is 2.48. The molecule has 0 saturated carbocycles. The number of carbonyl (C=O) groups is 2. The summed E-state index contributed by atoms with van der Waals surface area (Å²) in [5.74, 6) is -3.42. The normalized spacial score (nSPS) is 20.6. The van der Waals surface area contributed by atoms with Gasteiger partial charge in [-0.1, -0.05) is 24.3 Å². The molecule has 1 aliphatic rings. The van der Waals surface area contributed by atoms with Crippen molar-refractivity contribution in [3.8, 4) is 0 Å². The van der Waals surface area contributed by atoms with Crippen molar-refractivity contribution in [2.45, 2.75) is 31.2 Å². The second kappa shape index (κ2) is 6.46. The fraction of sp³-hybridized carbons (Fsp3) is 0.500. The predicted octanol–water partition coefficient (Wildman–Crippen LogP) is 1.24. The van der Waals surface area contributed by atoms with Gasteiger partial charge in [-0.3, -0.25) is 9.59 Å². The molecule has 0 fully saturated rings. The van der Waals surface area contributed by atoms with Crippen LogP contribution in [0.5, 0.6) is 0 Å². The SMILES string of the molecule is COCCCC(C(=O)O)(C(=O)O)[C@@H]1c2ccccc2C[C@H]1N. The van der Waals surface area contributed by atoms with Crippen LogP contribution in [0, 0.1) is 5.41 Å². The van der Waals surface area contributed by atoms with Gasteiger partial charge in [0.05, 0.1) is 0 Å². The molecule has 2 rings (SSSR count). The highest BCUT2D eigenvalue weighted by molar-refractivity contribution is 5.99. The monoisotopic (exact) mass is 307 g/mol. The second-order valence-electron chi connectivity index (χ2n) is 5.72. The minimum Gasteiger partial charge on any atom is -0.480 e. The van der Waals surface area contributed by atoms with E-state index in [0.717, 1.165) is 11.1 Å². The summed E-state index contributed by atoms with van der Waals surface area (Å²) in [7, 11) is 1.50. The maximum atomic E-state index is 11.9. The minimum atomic E-state index is -1.93. The van der Waals surface area contributed by atoms with Gasteiger partial charge >= 0.3 is 11.9 Å². The quantitative estimate of drug-likeness (QED) is 0.516. The number of fused-ring (bicyclic) bond motifs is 1. The molecule has 0 heterocycles. The molecule has 4 N–H and O–H groups in total. The highest BCUT2D eigenvalue weighted by Gasteiger charge is 2.57. The van der Waals surface area contributed by atoms with Gasteiger partial charge in [-0.25, -0.2) is 0 Å². The highest BCUT2D eigenvalue weighted by atomic mass is 16.5. The van der Waals surface area contributed by atoms with E-state index in [4.69, 9.17) is 10.5 Å². The first-order valence-corrected chi connectivity index (χ1v) is 7.24. The Morgan fingerprint density at radius 1 is 1.32 bits per heavy atom. The van der Waals surface area contributed by atoms with E-state index >= 15 is 0 Å². The van der Waals surface area contributed by atoms with Gasteiger partial charge in [0, 0.05) is 25.7 Å². The smallest absolute Gasteiger partial charge is 0.321 e. The Morgan fingerprint density at radius 3 is 2.55 bits per heavy atom. The van der Waals surface area contributed by atoms with Crippen molar-refractivity contribution in [2.24, 2.45) is 11.1 Å². The average Bonchev–Trinajstić information content (AvgIpc) is 2.79. The van der Waals surface area contributed by atoms with E-state index in [0.29, 0.717) is 19.4 Å². The van der Waals surface area contributed by atoms with Crippen LogP contribution in [0.1, 0.15) is 29.9 Å². The fourth-order valence-corrected chi connectivity index (χ4v) is 3.48. The maximum Gasteiger partial charge on any atom is 0.321 e. The van der Waals surface area contributed by atoms with E-state index in [9.17, 15) is 19.8 Å². The average molecular weight is 307 g/mol. The maximum absolute atomic E-state index is 11.9. The molecule has 0 unspecified atom stereocenters. The lowest BCUT2D eigenvalue weighted by molar-refractivity contribution is -0.168. The molecule has 0 spiro atoms. The van der Waals surface area contributed by atoms with Crippen LogP contribution in [0.25, 0.3) is 0 Å². The Kier molecular flexibility index (Phi) is 4.83. The number of hydrogen-bond acceptors (Lipinski definition) is 4. The van der Waals surface area contributed by atoms with Crippen LogP contribution in [0.15, 0.2) is 24.3 Å². The van der Waals surface area contributed by atoms with Crippen molar-refractivity contribution in [3.63, 3.8) is 0 Å². The molecule has 0 amide bonds. The number of ether oxygens (including phenoxy) is 1. The lowest BCUT2D eigenvalue weighted by Gasteiger charge is -2.34.